The number of rotatable bonds is 12. The third-order valence-electron chi connectivity index (χ3n) is 5.98. The van der Waals surface area contributed by atoms with E-state index in [0.29, 0.717) is 26.0 Å². The molecule has 1 unspecified atom stereocenters. The van der Waals surface area contributed by atoms with Gasteiger partial charge in [0, 0.05) is 26.4 Å². The smallest absolute Gasteiger partial charge is 0.242 e. The summed E-state index contributed by atoms with van der Waals surface area (Å²) in [7, 11) is 3.23. The van der Waals surface area contributed by atoms with E-state index in [9.17, 15) is 9.59 Å². The van der Waals surface area contributed by atoms with Crippen molar-refractivity contribution >= 4 is 11.8 Å². The van der Waals surface area contributed by atoms with Gasteiger partial charge in [-0.2, -0.15) is 0 Å². The number of benzene rings is 3. The maximum absolute atomic E-state index is 13.5. The van der Waals surface area contributed by atoms with Gasteiger partial charge < -0.3 is 19.7 Å². The Labute approximate surface area is 207 Å². The van der Waals surface area contributed by atoms with Gasteiger partial charge in [-0.05, 0) is 54.3 Å². The summed E-state index contributed by atoms with van der Waals surface area (Å²) in [4.78, 5) is 28.2. The van der Waals surface area contributed by atoms with Crippen LogP contribution in [0.15, 0.2) is 78.9 Å². The van der Waals surface area contributed by atoms with Gasteiger partial charge in [-0.15, -0.1) is 0 Å². The van der Waals surface area contributed by atoms with Crippen molar-refractivity contribution in [2.45, 2.75) is 38.8 Å². The Bertz CT molecular complexity index is 1080. The monoisotopic (exact) mass is 474 g/mol. The molecule has 0 fully saturated rings. The molecule has 184 valence electrons. The summed E-state index contributed by atoms with van der Waals surface area (Å²) in [5.74, 6) is 1.24. The zero-order chi connectivity index (χ0) is 25.0. The van der Waals surface area contributed by atoms with Crippen LogP contribution in [0, 0.1) is 6.92 Å². The number of hydrogen-bond acceptors (Lipinski definition) is 4. The molecule has 0 aromatic heterocycles. The Morgan fingerprint density at radius 2 is 1.57 bits per heavy atom. The SMILES string of the molecule is CNC(=O)C(Cc1ccccc1)N(Cc1ccccc1C)C(=O)CCCOc1ccc(OC)cc1. The molecule has 2 amide bonds. The van der Waals surface area contributed by atoms with Gasteiger partial charge in [-0.1, -0.05) is 54.6 Å². The van der Waals surface area contributed by atoms with Crippen molar-refractivity contribution in [1.82, 2.24) is 10.2 Å². The summed E-state index contributed by atoms with van der Waals surface area (Å²) in [5, 5.41) is 2.75. The Hall–Kier alpha value is -3.80. The first-order valence-corrected chi connectivity index (χ1v) is 11.9. The number of methoxy groups -OCH3 is 1. The lowest BCUT2D eigenvalue weighted by atomic mass is 10.0. The molecule has 0 saturated heterocycles. The van der Waals surface area contributed by atoms with E-state index in [1.165, 1.54) is 0 Å². The molecule has 0 aliphatic rings. The van der Waals surface area contributed by atoms with E-state index in [1.807, 2.05) is 85.8 Å². The van der Waals surface area contributed by atoms with Crippen LogP contribution < -0.4 is 14.8 Å². The second-order valence-corrected chi connectivity index (χ2v) is 8.40. The molecular formula is C29H34N2O4. The van der Waals surface area contributed by atoms with E-state index in [-0.39, 0.29) is 18.2 Å². The van der Waals surface area contributed by atoms with Crippen LogP contribution in [0.1, 0.15) is 29.5 Å². The summed E-state index contributed by atoms with van der Waals surface area (Å²) in [5.41, 5.74) is 3.12. The minimum Gasteiger partial charge on any atom is -0.497 e. The number of hydrogen-bond donors (Lipinski definition) is 1. The molecule has 3 aromatic carbocycles. The van der Waals surface area contributed by atoms with Crippen molar-refractivity contribution < 1.29 is 19.1 Å². The first kappa shape index (κ1) is 25.8. The van der Waals surface area contributed by atoms with Gasteiger partial charge in [0.2, 0.25) is 11.8 Å². The summed E-state index contributed by atoms with van der Waals surface area (Å²) in [6.45, 7) is 2.79. The summed E-state index contributed by atoms with van der Waals surface area (Å²) in [6, 6.07) is 24.5. The molecule has 1 atom stereocenters. The average Bonchev–Trinajstić information content (AvgIpc) is 2.90. The van der Waals surface area contributed by atoms with Gasteiger partial charge >= 0.3 is 0 Å². The van der Waals surface area contributed by atoms with Crippen LogP contribution in [-0.4, -0.2) is 43.5 Å². The lowest BCUT2D eigenvalue weighted by Gasteiger charge is -2.31. The van der Waals surface area contributed by atoms with Gasteiger partial charge in [0.25, 0.3) is 0 Å². The lowest BCUT2D eigenvalue weighted by molar-refractivity contribution is -0.141. The highest BCUT2D eigenvalue weighted by atomic mass is 16.5. The maximum Gasteiger partial charge on any atom is 0.242 e. The largest absolute Gasteiger partial charge is 0.497 e. The summed E-state index contributed by atoms with van der Waals surface area (Å²) >= 11 is 0. The predicted octanol–water partition coefficient (Wildman–Crippen LogP) is 4.55. The molecule has 1 N–H and O–H groups in total. The van der Waals surface area contributed by atoms with Crippen LogP contribution >= 0.6 is 0 Å². The second kappa shape index (κ2) is 13.2. The van der Waals surface area contributed by atoms with Crippen molar-refractivity contribution in [3.8, 4) is 11.5 Å². The Balaban J connectivity index is 1.73. The minimum absolute atomic E-state index is 0.0730. The maximum atomic E-state index is 13.5. The first-order chi connectivity index (χ1) is 17.0. The molecule has 3 rings (SSSR count). The molecule has 0 aliphatic heterocycles. The van der Waals surface area contributed by atoms with Crippen molar-refractivity contribution in [3.63, 3.8) is 0 Å². The fourth-order valence-corrected chi connectivity index (χ4v) is 3.92. The molecule has 6 nitrogen and oxygen atoms in total. The minimum atomic E-state index is -0.614. The molecule has 0 radical (unpaired) electrons. The highest BCUT2D eigenvalue weighted by Crippen LogP contribution is 2.20. The summed E-state index contributed by atoms with van der Waals surface area (Å²) < 4.78 is 11.0. The van der Waals surface area contributed by atoms with Crippen LogP contribution in [0.3, 0.4) is 0 Å². The molecule has 0 bridgehead atoms. The van der Waals surface area contributed by atoms with E-state index < -0.39 is 6.04 Å². The Kier molecular flexibility index (Phi) is 9.72. The highest BCUT2D eigenvalue weighted by molar-refractivity contribution is 5.87. The van der Waals surface area contributed by atoms with E-state index in [2.05, 4.69) is 5.32 Å². The van der Waals surface area contributed by atoms with E-state index >= 15 is 0 Å². The quantitative estimate of drug-likeness (QED) is 0.391. The molecule has 6 heteroatoms. The van der Waals surface area contributed by atoms with Crippen LogP contribution in [0.2, 0.25) is 0 Å². The molecule has 0 heterocycles. The van der Waals surface area contributed by atoms with Gasteiger partial charge in [0.05, 0.1) is 13.7 Å². The number of aryl methyl sites for hydroxylation is 1. The number of carbonyl (C=O) groups excluding carboxylic acids is 2. The molecule has 0 aliphatic carbocycles. The number of amides is 2. The van der Waals surface area contributed by atoms with Crippen molar-refractivity contribution in [1.29, 1.82) is 0 Å². The van der Waals surface area contributed by atoms with Crippen molar-refractivity contribution in [3.05, 3.63) is 95.6 Å². The number of nitrogens with one attached hydrogen (secondary N) is 1. The van der Waals surface area contributed by atoms with Gasteiger partial charge in [0.15, 0.2) is 0 Å². The standard InChI is InChI=1S/C29H34N2O4/c1-22-10-7-8-13-24(22)21-31(27(29(33)30-2)20-23-11-5-4-6-12-23)28(32)14-9-19-35-26-17-15-25(34-3)16-18-26/h4-8,10-13,15-18,27H,9,14,19-21H2,1-3H3,(H,30,33). The zero-order valence-electron chi connectivity index (χ0n) is 20.7. The Morgan fingerprint density at radius 1 is 0.914 bits per heavy atom. The van der Waals surface area contributed by atoms with E-state index in [4.69, 9.17) is 9.47 Å². The van der Waals surface area contributed by atoms with Crippen LogP contribution in [0.5, 0.6) is 11.5 Å². The fraction of sp³-hybridized carbons (Fsp3) is 0.310. The van der Waals surface area contributed by atoms with Gasteiger partial charge in [-0.3, -0.25) is 9.59 Å². The van der Waals surface area contributed by atoms with Crippen molar-refractivity contribution in [2.75, 3.05) is 20.8 Å². The van der Waals surface area contributed by atoms with E-state index in [0.717, 1.165) is 28.2 Å². The molecule has 3 aromatic rings. The number of carbonyl (C=O) groups is 2. The third kappa shape index (κ3) is 7.60. The van der Waals surface area contributed by atoms with Gasteiger partial charge in [-0.25, -0.2) is 0 Å². The predicted molar refractivity (Wildman–Crippen MR) is 137 cm³/mol. The zero-order valence-corrected chi connectivity index (χ0v) is 20.7. The average molecular weight is 475 g/mol. The highest BCUT2D eigenvalue weighted by Gasteiger charge is 2.29. The lowest BCUT2D eigenvalue weighted by Crippen LogP contribution is -2.49. The topological polar surface area (TPSA) is 67.9 Å². The van der Waals surface area contributed by atoms with Gasteiger partial charge in [0.1, 0.15) is 17.5 Å². The fourth-order valence-electron chi connectivity index (χ4n) is 3.92. The van der Waals surface area contributed by atoms with Crippen LogP contribution in [-0.2, 0) is 22.6 Å². The third-order valence-corrected chi connectivity index (χ3v) is 5.98. The van der Waals surface area contributed by atoms with Crippen LogP contribution in [0.25, 0.3) is 0 Å². The van der Waals surface area contributed by atoms with E-state index in [1.54, 1.807) is 19.1 Å². The first-order valence-electron chi connectivity index (χ1n) is 11.9. The number of nitrogens with zero attached hydrogens (tertiary/aromatic N) is 1. The molecular weight excluding hydrogens is 440 g/mol. The number of likely N-dealkylation sites (N-methyl/N-ethyl adjacent to an activating group) is 1. The Morgan fingerprint density at radius 3 is 2.23 bits per heavy atom. The molecule has 35 heavy (non-hydrogen) atoms. The molecule has 0 spiro atoms. The second-order valence-electron chi connectivity index (χ2n) is 8.40. The summed E-state index contributed by atoms with van der Waals surface area (Å²) in [6.07, 6.45) is 1.27. The normalized spacial score (nSPS) is 11.4. The van der Waals surface area contributed by atoms with Crippen molar-refractivity contribution in [2.24, 2.45) is 0 Å². The van der Waals surface area contributed by atoms with Crippen LogP contribution in [0.4, 0.5) is 0 Å². The number of ether oxygens (including phenoxy) is 2. The molecule has 0 saturated carbocycles.